The van der Waals surface area contributed by atoms with Crippen molar-refractivity contribution >= 4 is 11.8 Å². The first-order chi connectivity index (χ1) is 9.19. The molecule has 1 aromatic carbocycles. The maximum absolute atomic E-state index is 11.2. The smallest absolute Gasteiger partial charge is 0.411 e. The van der Waals surface area contributed by atoms with Crippen LogP contribution in [0.15, 0.2) is 35.1 Å². The Morgan fingerprint density at radius 2 is 2.00 bits per heavy atom. The number of anilines is 1. The minimum atomic E-state index is -0.628. The Kier molecular flexibility index (Phi) is 3.99. The molecule has 7 nitrogen and oxygen atoms in total. The number of ether oxygens (including phenoxy) is 1. The summed E-state index contributed by atoms with van der Waals surface area (Å²) in [6, 6.07) is 8.31. The Labute approximate surface area is 108 Å². The summed E-state index contributed by atoms with van der Waals surface area (Å²) in [5.41, 5.74) is 1.83. The molecule has 0 aliphatic rings. The third-order valence-corrected chi connectivity index (χ3v) is 2.36. The summed E-state index contributed by atoms with van der Waals surface area (Å²) in [5, 5.41) is 16.2. The summed E-state index contributed by atoms with van der Waals surface area (Å²) >= 11 is 0. The van der Waals surface area contributed by atoms with Gasteiger partial charge in [0.05, 0.1) is 12.3 Å². The average Bonchev–Trinajstić information content (AvgIpc) is 2.84. The lowest BCUT2D eigenvalue weighted by Crippen LogP contribution is -2.15. The number of carbonyl (C=O) groups is 1. The average molecular weight is 263 g/mol. The van der Waals surface area contributed by atoms with E-state index in [4.69, 9.17) is 5.11 Å². The Balaban J connectivity index is 2.02. The van der Waals surface area contributed by atoms with E-state index in [9.17, 15) is 9.59 Å². The van der Waals surface area contributed by atoms with Gasteiger partial charge in [-0.25, -0.2) is 4.79 Å². The van der Waals surface area contributed by atoms with Gasteiger partial charge >= 0.3 is 6.09 Å². The molecular formula is C12H13N3O4. The minimum absolute atomic E-state index is 0.0471. The molecule has 19 heavy (non-hydrogen) atoms. The summed E-state index contributed by atoms with van der Waals surface area (Å²) in [5.74, 6) is 0. The number of rotatable bonds is 4. The predicted octanol–water partition coefficient (Wildman–Crippen LogP) is 0.911. The molecule has 7 heteroatoms. The number of H-pyrrole nitrogens is 2. The molecule has 0 unspecified atom stereocenters. The minimum Gasteiger partial charge on any atom is -0.447 e. The molecular weight excluding hydrogens is 250 g/mol. The molecule has 4 N–H and O–H groups in total. The Morgan fingerprint density at radius 1 is 1.26 bits per heavy atom. The number of carbonyl (C=O) groups excluding carboxylic acids is 1. The van der Waals surface area contributed by atoms with E-state index in [0.29, 0.717) is 11.4 Å². The Bertz CT molecular complexity index is 600. The molecule has 2 rings (SSSR count). The van der Waals surface area contributed by atoms with Crippen LogP contribution < -0.4 is 10.9 Å². The highest BCUT2D eigenvalue weighted by Crippen LogP contribution is 2.18. The van der Waals surface area contributed by atoms with Crippen LogP contribution in [-0.2, 0) is 4.74 Å². The molecule has 0 aliphatic heterocycles. The van der Waals surface area contributed by atoms with Crippen molar-refractivity contribution in [1.29, 1.82) is 0 Å². The third-order valence-electron chi connectivity index (χ3n) is 2.36. The zero-order valence-corrected chi connectivity index (χ0v) is 9.97. The molecule has 1 aromatic heterocycles. The van der Waals surface area contributed by atoms with Crippen molar-refractivity contribution in [3.8, 4) is 11.3 Å². The van der Waals surface area contributed by atoms with Gasteiger partial charge in [-0.3, -0.25) is 20.3 Å². The molecule has 0 fully saturated rings. The standard InChI is InChI=1S/C12H13N3O4/c16-5-6-19-12(18)13-9-3-1-8(2-4-9)10-7-11(17)15-14-10/h1-4,7,16H,5-6H2,(H,13,18)(H2,14,15,17). The van der Waals surface area contributed by atoms with Gasteiger partial charge in [-0.15, -0.1) is 0 Å². The Hall–Kier alpha value is -2.54. The normalized spacial score (nSPS) is 10.2. The number of amides is 1. The molecule has 0 atom stereocenters. The number of aliphatic hydroxyl groups is 1. The number of nitrogens with one attached hydrogen (secondary N) is 3. The van der Waals surface area contributed by atoms with Gasteiger partial charge in [0.25, 0.3) is 5.56 Å². The summed E-state index contributed by atoms with van der Waals surface area (Å²) in [4.78, 5) is 22.2. The van der Waals surface area contributed by atoms with Crippen LogP contribution in [0.5, 0.6) is 0 Å². The van der Waals surface area contributed by atoms with Gasteiger partial charge in [0, 0.05) is 11.8 Å². The van der Waals surface area contributed by atoms with E-state index in [1.807, 2.05) is 0 Å². The monoisotopic (exact) mass is 263 g/mol. The van der Waals surface area contributed by atoms with Crippen LogP contribution in [0.1, 0.15) is 0 Å². The number of aliphatic hydroxyl groups excluding tert-OH is 1. The lowest BCUT2D eigenvalue weighted by Gasteiger charge is -2.06. The van der Waals surface area contributed by atoms with Gasteiger partial charge in [-0.2, -0.15) is 0 Å². The third kappa shape index (κ3) is 3.46. The van der Waals surface area contributed by atoms with Gasteiger partial charge in [0.15, 0.2) is 0 Å². The first kappa shape index (κ1) is 12.9. The molecule has 0 aliphatic carbocycles. The lowest BCUT2D eigenvalue weighted by atomic mass is 10.1. The highest BCUT2D eigenvalue weighted by atomic mass is 16.6. The molecule has 0 saturated heterocycles. The van der Waals surface area contributed by atoms with E-state index < -0.39 is 6.09 Å². The van der Waals surface area contributed by atoms with Crippen LogP contribution >= 0.6 is 0 Å². The second-order valence-electron chi connectivity index (χ2n) is 3.73. The molecule has 0 bridgehead atoms. The van der Waals surface area contributed by atoms with Crippen molar-refractivity contribution in [3.63, 3.8) is 0 Å². The first-order valence-corrected chi connectivity index (χ1v) is 5.62. The van der Waals surface area contributed by atoms with Crippen molar-refractivity contribution in [1.82, 2.24) is 10.2 Å². The van der Waals surface area contributed by atoms with Gasteiger partial charge in [-0.1, -0.05) is 12.1 Å². The number of hydrogen-bond acceptors (Lipinski definition) is 4. The SMILES string of the molecule is O=C(Nc1ccc(-c2cc(=O)[nH][nH]2)cc1)OCCO. The fraction of sp³-hybridized carbons (Fsp3) is 0.167. The van der Waals surface area contributed by atoms with E-state index in [2.05, 4.69) is 20.3 Å². The van der Waals surface area contributed by atoms with Gasteiger partial charge in [0.2, 0.25) is 0 Å². The second-order valence-corrected chi connectivity index (χ2v) is 3.73. The van der Waals surface area contributed by atoms with Gasteiger partial charge in [0.1, 0.15) is 6.61 Å². The molecule has 0 saturated carbocycles. The highest BCUT2D eigenvalue weighted by molar-refractivity contribution is 5.85. The van der Waals surface area contributed by atoms with Crippen molar-refractivity contribution in [2.24, 2.45) is 0 Å². The summed E-state index contributed by atoms with van der Waals surface area (Å²) in [6.07, 6.45) is -0.628. The fourth-order valence-electron chi connectivity index (χ4n) is 1.51. The summed E-state index contributed by atoms with van der Waals surface area (Å²) < 4.78 is 4.66. The van der Waals surface area contributed by atoms with Crippen LogP contribution in [0.2, 0.25) is 0 Å². The number of aromatic amines is 2. The molecule has 100 valence electrons. The van der Waals surface area contributed by atoms with E-state index >= 15 is 0 Å². The fourth-order valence-corrected chi connectivity index (χ4v) is 1.51. The number of benzene rings is 1. The predicted molar refractivity (Wildman–Crippen MR) is 68.9 cm³/mol. The topological polar surface area (TPSA) is 107 Å². The Morgan fingerprint density at radius 3 is 2.58 bits per heavy atom. The van der Waals surface area contributed by atoms with Crippen LogP contribution in [0.25, 0.3) is 11.3 Å². The maximum atomic E-state index is 11.2. The van der Waals surface area contributed by atoms with E-state index in [0.717, 1.165) is 5.56 Å². The van der Waals surface area contributed by atoms with Crippen LogP contribution in [0.4, 0.5) is 10.5 Å². The first-order valence-electron chi connectivity index (χ1n) is 5.62. The van der Waals surface area contributed by atoms with Crippen molar-refractivity contribution < 1.29 is 14.6 Å². The molecule has 1 heterocycles. The summed E-state index contributed by atoms with van der Waals surface area (Å²) in [6.45, 7) is -0.262. The molecule has 0 radical (unpaired) electrons. The maximum Gasteiger partial charge on any atom is 0.411 e. The van der Waals surface area contributed by atoms with Crippen molar-refractivity contribution in [2.45, 2.75) is 0 Å². The molecule has 0 spiro atoms. The van der Waals surface area contributed by atoms with E-state index in [-0.39, 0.29) is 18.8 Å². The highest BCUT2D eigenvalue weighted by Gasteiger charge is 2.04. The summed E-state index contributed by atoms with van der Waals surface area (Å²) in [7, 11) is 0. The van der Waals surface area contributed by atoms with Crippen molar-refractivity contribution in [3.05, 3.63) is 40.7 Å². The largest absolute Gasteiger partial charge is 0.447 e. The molecule has 2 aromatic rings. The molecule has 1 amide bonds. The zero-order chi connectivity index (χ0) is 13.7. The van der Waals surface area contributed by atoms with Crippen molar-refractivity contribution in [2.75, 3.05) is 18.5 Å². The van der Waals surface area contributed by atoms with Crippen LogP contribution in [0.3, 0.4) is 0 Å². The number of hydrogen-bond donors (Lipinski definition) is 4. The van der Waals surface area contributed by atoms with Crippen LogP contribution in [-0.4, -0.2) is 34.6 Å². The van der Waals surface area contributed by atoms with E-state index in [1.165, 1.54) is 6.07 Å². The lowest BCUT2D eigenvalue weighted by molar-refractivity contribution is 0.131. The van der Waals surface area contributed by atoms with Gasteiger partial charge in [-0.05, 0) is 17.7 Å². The second kappa shape index (κ2) is 5.87. The van der Waals surface area contributed by atoms with Crippen LogP contribution in [0, 0.1) is 0 Å². The van der Waals surface area contributed by atoms with Gasteiger partial charge < -0.3 is 9.84 Å². The zero-order valence-electron chi connectivity index (χ0n) is 9.97. The quantitative estimate of drug-likeness (QED) is 0.657. The number of aromatic nitrogens is 2. The van der Waals surface area contributed by atoms with E-state index in [1.54, 1.807) is 24.3 Å².